The second-order valence-corrected chi connectivity index (χ2v) is 4.09. The van der Waals surface area contributed by atoms with Crippen LogP contribution in [0.15, 0.2) is 29.3 Å². The van der Waals surface area contributed by atoms with Crippen molar-refractivity contribution in [2.75, 3.05) is 11.9 Å². The van der Waals surface area contributed by atoms with Crippen molar-refractivity contribution in [2.24, 2.45) is 10.8 Å². The van der Waals surface area contributed by atoms with Crippen molar-refractivity contribution in [3.63, 3.8) is 0 Å². The fourth-order valence-electron chi connectivity index (χ4n) is 1.42. The van der Waals surface area contributed by atoms with Crippen molar-refractivity contribution in [3.05, 3.63) is 29.8 Å². The standard InChI is InChI=1S/C12H20N4/c1-9(2)14-12(15-13)16(4)11-7-5-6-10(3)8-11/h5-9H,13H2,1-4H3,(H,14,15). The van der Waals surface area contributed by atoms with E-state index in [0.29, 0.717) is 5.96 Å². The van der Waals surface area contributed by atoms with E-state index in [9.17, 15) is 0 Å². The number of aliphatic imine (C=N–C) groups is 1. The van der Waals surface area contributed by atoms with Crippen molar-refractivity contribution in [2.45, 2.75) is 26.8 Å². The molecular formula is C12H20N4. The van der Waals surface area contributed by atoms with Gasteiger partial charge >= 0.3 is 0 Å². The fraction of sp³-hybridized carbons (Fsp3) is 0.417. The first-order chi connectivity index (χ1) is 7.54. The van der Waals surface area contributed by atoms with Crippen molar-refractivity contribution in [1.29, 1.82) is 0 Å². The molecule has 0 radical (unpaired) electrons. The summed E-state index contributed by atoms with van der Waals surface area (Å²) in [6.45, 7) is 6.09. The third kappa shape index (κ3) is 3.24. The summed E-state index contributed by atoms with van der Waals surface area (Å²) >= 11 is 0. The van der Waals surface area contributed by atoms with Gasteiger partial charge in [-0.05, 0) is 38.5 Å². The van der Waals surface area contributed by atoms with Gasteiger partial charge in [0.05, 0.1) is 0 Å². The summed E-state index contributed by atoms with van der Waals surface area (Å²) in [5, 5.41) is 0. The summed E-state index contributed by atoms with van der Waals surface area (Å²) < 4.78 is 0. The topological polar surface area (TPSA) is 53.6 Å². The number of benzene rings is 1. The van der Waals surface area contributed by atoms with Crippen LogP contribution in [0.2, 0.25) is 0 Å². The van der Waals surface area contributed by atoms with Gasteiger partial charge in [-0.25, -0.2) is 10.8 Å². The van der Waals surface area contributed by atoms with E-state index in [-0.39, 0.29) is 6.04 Å². The van der Waals surface area contributed by atoms with Gasteiger partial charge in [0.15, 0.2) is 0 Å². The number of nitrogens with one attached hydrogen (secondary N) is 1. The Morgan fingerprint density at radius 2 is 2.12 bits per heavy atom. The van der Waals surface area contributed by atoms with Crippen LogP contribution in [0, 0.1) is 6.92 Å². The number of nitrogens with zero attached hydrogens (tertiary/aromatic N) is 2. The van der Waals surface area contributed by atoms with Gasteiger partial charge in [-0.1, -0.05) is 12.1 Å². The lowest BCUT2D eigenvalue weighted by Gasteiger charge is -2.21. The first kappa shape index (κ1) is 12.5. The molecule has 88 valence electrons. The van der Waals surface area contributed by atoms with E-state index in [1.165, 1.54) is 5.56 Å². The quantitative estimate of drug-likeness (QED) is 0.345. The zero-order valence-electron chi connectivity index (χ0n) is 10.4. The molecule has 4 nitrogen and oxygen atoms in total. The minimum absolute atomic E-state index is 0.207. The molecule has 0 aliphatic rings. The third-order valence-corrected chi connectivity index (χ3v) is 2.22. The van der Waals surface area contributed by atoms with E-state index in [0.717, 1.165) is 5.69 Å². The molecule has 1 rings (SSSR count). The number of guanidine groups is 1. The number of hydrogen-bond acceptors (Lipinski definition) is 2. The van der Waals surface area contributed by atoms with Gasteiger partial charge in [-0.15, -0.1) is 0 Å². The molecule has 0 unspecified atom stereocenters. The maximum Gasteiger partial charge on any atom is 0.212 e. The molecule has 0 saturated carbocycles. The monoisotopic (exact) mass is 220 g/mol. The van der Waals surface area contributed by atoms with Crippen LogP contribution in [-0.4, -0.2) is 19.0 Å². The highest BCUT2D eigenvalue weighted by atomic mass is 15.4. The molecule has 0 aliphatic carbocycles. The minimum atomic E-state index is 0.207. The van der Waals surface area contributed by atoms with Crippen molar-refractivity contribution < 1.29 is 0 Å². The molecule has 0 aliphatic heterocycles. The van der Waals surface area contributed by atoms with Crippen LogP contribution in [0.5, 0.6) is 0 Å². The van der Waals surface area contributed by atoms with Crippen LogP contribution >= 0.6 is 0 Å². The van der Waals surface area contributed by atoms with Gasteiger partial charge in [-0.2, -0.15) is 0 Å². The highest BCUT2D eigenvalue weighted by Gasteiger charge is 2.07. The highest BCUT2D eigenvalue weighted by Crippen LogP contribution is 2.14. The summed E-state index contributed by atoms with van der Waals surface area (Å²) in [6, 6.07) is 8.41. The summed E-state index contributed by atoms with van der Waals surface area (Å²) in [6.07, 6.45) is 0. The van der Waals surface area contributed by atoms with Crippen LogP contribution in [0.1, 0.15) is 19.4 Å². The zero-order chi connectivity index (χ0) is 12.1. The molecule has 0 heterocycles. The van der Waals surface area contributed by atoms with Gasteiger partial charge in [0.25, 0.3) is 0 Å². The second kappa shape index (κ2) is 5.51. The van der Waals surface area contributed by atoms with Gasteiger partial charge in [0.1, 0.15) is 0 Å². The lowest BCUT2D eigenvalue weighted by molar-refractivity contribution is 0.809. The highest BCUT2D eigenvalue weighted by molar-refractivity contribution is 5.95. The molecule has 16 heavy (non-hydrogen) atoms. The number of rotatable bonds is 2. The Bertz CT molecular complexity index is 371. The molecule has 1 aromatic rings. The van der Waals surface area contributed by atoms with Crippen LogP contribution in [0.25, 0.3) is 0 Å². The molecule has 0 atom stereocenters. The maximum absolute atomic E-state index is 5.47. The van der Waals surface area contributed by atoms with Crippen molar-refractivity contribution in [3.8, 4) is 0 Å². The number of aryl methyl sites for hydroxylation is 1. The van der Waals surface area contributed by atoms with E-state index in [1.807, 2.05) is 37.9 Å². The zero-order valence-corrected chi connectivity index (χ0v) is 10.4. The first-order valence-electron chi connectivity index (χ1n) is 5.39. The molecule has 0 amide bonds. The van der Waals surface area contributed by atoms with E-state index in [4.69, 9.17) is 5.84 Å². The summed E-state index contributed by atoms with van der Waals surface area (Å²) in [4.78, 5) is 6.35. The van der Waals surface area contributed by atoms with Gasteiger partial charge < -0.3 is 4.90 Å². The Balaban J connectivity index is 2.95. The predicted molar refractivity (Wildman–Crippen MR) is 69.5 cm³/mol. The molecule has 0 saturated heterocycles. The van der Waals surface area contributed by atoms with E-state index in [1.54, 1.807) is 0 Å². The minimum Gasteiger partial charge on any atom is -0.315 e. The summed E-state index contributed by atoms with van der Waals surface area (Å²) in [5.41, 5.74) is 4.91. The Morgan fingerprint density at radius 1 is 1.44 bits per heavy atom. The Morgan fingerprint density at radius 3 is 2.62 bits per heavy atom. The molecule has 3 N–H and O–H groups in total. The van der Waals surface area contributed by atoms with E-state index < -0.39 is 0 Å². The molecule has 0 spiro atoms. The van der Waals surface area contributed by atoms with Crippen LogP contribution in [0.4, 0.5) is 5.69 Å². The van der Waals surface area contributed by atoms with Gasteiger partial charge in [-0.3, -0.25) is 5.43 Å². The normalized spacial score (nSPS) is 11.8. The SMILES string of the molecule is Cc1cccc(N(C)C(=NC(C)C)NN)c1. The average molecular weight is 220 g/mol. The summed E-state index contributed by atoms with van der Waals surface area (Å²) in [7, 11) is 1.94. The predicted octanol–water partition coefficient (Wildman–Crippen LogP) is 1.66. The Labute approximate surface area is 97.1 Å². The summed E-state index contributed by atoms with van der Waals surface area (Å²) in [5.74, 6) is 6.14. The number of hydrogen-bond donors (Lipinski definition) is 2. The largest absolute Gasteiger partial charge is 0.315 e. The van der Waals surface area contributed by atoms with E-state index >= 15 is 0 Å². The molecule has 1 aromatic carbocycles. The molecule has 0 bridgehead atoms. The van der Waals surface area contributed by atoms with Gasteiger partial charge in [0.2, 0.25) is 5.96 Å². The lowest BCUT2D eigenvalue weighted by atomic mass is 10.2. The van der Waals surface area contributed by atoms with Crippen LogP contribution in [0.3, 0.4) is 0 Å². The van der Waals surface area contributed by atoms with Crippen LogP contribution < -0.4 is 16.2 Å². The maximum atomic E-state index is 5.47. The van der Waals surface area contributed by atoms with Crippen molar-refractivity contribution in [1.82, 2.24) is 5.43 Å². The fourth-order valence-corrected chi connectivity index (χ4v) is 1.42. The lowest BCUT2D eigenvalue weighted by Crippen LogP contribution is -2.43. The van der Waals surface area contributed by atoms with Crippen molar-refractivity contribution >= 4 is 11.6 Å². The molecular weight excluding hydrogens is 200 g/mol. The Hall–Kier alpha value is -1.55. The third-order valence-electron chi connectivity index (χ3n) is 2.22. The number of anilines is 1. The Kier molecular flexibility index (Phi) is 4.31. The number of hydrazine groups is 1. The number of nitrogens with two attached hydrogens (primary N) is 1. The molecule has 0 fully saturated rings. The smallest absolute Gasteiger partial charge is 0.212 e. The van der Waals surface area contributed by atoms with Gasteiger partial charge in [0, 0.05) is 18.8 Å². The van der Waals surface area contributed by atoms with E-state index in [2.05, 4.69) is 29.5 Å². The molecule has 4 heteroatoms. The molecule has 0 aromatic heterocycles. The first-order valence-corrected chi connectivity index (χ1v) is 5.39. The van der Waals surface area contributed by atoms with Crippen LogP contribution in [-0.2, 0) is 0 Å². The second-order valence-electron chi connectivity index (χ2n) is 4.09. The average Bonchev–Trinajstić information content (AvgIpc) is 2.24.